The molecule has 18 heavy (non-hydrogen) atoms. The van der Waals surface area contributed by atoms with Crippen molar-refractivity contribution in [2.45, 2.75) is 6.42 Å². The van der Waals surface area contributed by atoms with E-state index in [1.54, 1.807) is 6.07 Å². The molecule has 0 aromatic heterocycles. The molecule has 1 aromatic carbocycles. The molecule has 0 amide bonds. The molecule has 1 rings (SSSR count). The first kappa shape index (κ1) is 14.9. The van der Waals surface area contributed by atoms with E-state index >= 15 is 0 Å². The van der Waals surface area contributed by atoms with E-state index in [0.29, 0.717) is 5.56 Å². The topological polar surface area (TPSA) is 32.5 Å². The Balaban J connectivity index is 2.78. The summed E-state index contributed by atoms with van der Waals surface area (Å²) in [6, 6.07) is 4.54. The number of thiocarbonyl (C=S) groups is 1. The zero-order chi connectivity index (χ0) is 13.7. The molecule has 0 saturated heterocycles. The Bertz CT molecular complexity index is 421. The van der Waals surface area contributed by atoms with Crippen molar-refractivity contribution in [1.82, 2.24) is 4.90 Å². The minimum absolute atomic E-state index is 0.226. The maximum absolute atomic E-state index is 13.2. The van der Waals surface area contributed by atoms with Gasteiger partial charge in [-0.15, -0.1) is 0 Å². The predicted molar refractivity (Wildman–Crippen MR) is 78.7 cm³/mol. The van der Waals surface area contributed by atoms with Crippen molar-refractivity contribution in [3.05, 3.63) is 29.6 Å². The minimum Gasteiger partial charge on any atom is -0.389 e. The summed E-state index contributed by atoms with van der Waals surface area (Å²) in [6.07, 6.45) is 1.03. The smallest absolute Gasteiger partial charge is 0.124 e. The summed E-state index contributed by atoms with van der Waals surface area (Å²) in [6.45, 7) is 1.88. The summed E-state index contributed by atoms with van der Waals surface area (Å²) in [7, 11) is 6.04. The van der Waals surface area contributed by atoms with Crippen molar-refractivity contribution in [2.24, 2.45) is 5.73 Å². The minimum atomic E-state index is -0.316. The molecular formula is C13H20FN3S. The standard InChI is InChI=1S/C13H20FN3S/c1-16(2)7-4-8-17(3)12-6-5-10(14)9-11(12)13(15)18/h5-6,9H,4,7-8H2,1-3H3,(H2,15,18). The van der Waals surface area contributed by atoms with E-state index in [-0.39, 0.29) is 10.8 Å². The molecule has 0 fully saturated rings. The average Bonchev–Trinajstić information content (AvgIpc) is 2.28. The fourth-order valence-corrected chi connectivity index (χ4v) is 1.95. The Kier molecular flexibility index (Phi) is 5.50. The van der Waals surface area contributed by atoms with Crippen LogP contribution in [0.3, 0.4) is 0 Å². The second-order valence-corrected chi connectivity index (χ2v) is 5.04. The fourth-order valence-electron chi connectivity index (χ4n) is 1.78. The van der Waals surface area contributed by atoms with Crippen molar-refractivity contribution in [3.8, 4) is 0 Å². The quantitative estimate of drug-likeness (QED) is 0.799. The predicted octanol–water partition coefficient (Wildman–Crippen LogP) is 1.85. The van der Waals surface area contributed by atoms with Crippen LogP contribution in [0.4, 0.5) is 10.1 Å². The number of hydrogen-bond acceptors (Lipinski definition) is 3. The molecule has 0 radical (unpaired) electrons. The third kappa shape index (κ3) is 4.23. The largest absolute Gasteiger partial charge is 0.389 e. The highest BCUT2D eigenvalue weighted by Crippen LogP contribution is 2.20. The molecule has 2 N–H and O–H groups in total. The number of nitrogens with two attached hydrogens (primary N) is 1. The van der Waals surface area contributed by atoms with E-state index in [9.17, 15) is 4.39 Å². The van der Waals surface area contributed by atoms with Crippen LogP contribution in [0.5, 0.6) is 0 Å². The maximum Gasteiger partial charge on any atom is 0.124 e. The highest BCUT2D eigenvalue weighted by molar-refractivity contribution is 7.80. The van der Waals surface area contributed by atoms with Crippen LogP contribution in [0.2, 0.25) is 0 Å². The van der Waals surface area contributed by atoms with Gasteiger partial charge in [0.25, 0.3) is 0 Å². The Labute approximate surface area is 113 Å². The summed E-state index contributed by atoms with van der Waals surface area (Å²) in [4.78, 5) is 4.41. The Morgan fingerprint density at radius 1 is 1.28 bits per heavy atom. The van der Waals surface area contributed by atoms with Crippen LogP contribution in [-0.4, -0.2) is 44.1 Å². The lowest BCUT2D eigenvalue weighted by atomic mass is 10.1. The van der Waals surface area contributed by atoms with Gasteiger partial charge in [-0.25, -0.2) is 4.39 Å². The van der Waals surface area contributed by atoms with E-state index in [4.69, 9.17) is 18.0 Å². The lowest BCUT2D eigenvalue weighted by molar-refractivity contribution is 0.401. The number of nitrogens with zero attached hydrogens (tertiary/aromatic N) is 2. The molecule has 0 spiro atoms. The lowest BCUT2D eigenvalue weighted by Gasteiger charge is -2.23. The second kappa shape index (κ2) is 6.66. The van der Waals surface area contributed by atoms with E-state index in [0.717, 1.165) is 25.2 Å². The SMILES string of the molecule is CN(C)CCCN(C)c1ccc(F)cc1C(N)=S. The van der Waals surface area contributed by atoms with Crippen molar-refractivity contribution in [1.29, 1.82) is 0 Å². The number of halogens is 1. The van der Waals surface area contributed by atoms with Crippen molar-refractivity contribution < 1.29 is 4.39 Å². The van der Waals surface area contributed by atoms with Crippen molar-refractivity contribution in [3.63, 3.8) is 0 Å². The van der Waals surface area contributed by atoms with Gasteiger partial charge in [0.1, 0.15) is 10.8 Å². The molecule has 0 aliphatic heterocycles. The van der Waals surface area contributed by atoms with Crippen molar-refractivity contribution in [2.75, 3.05) is 39.1 Å². The summed E-state index contributed by atoms with van der Waals surface area (Å²) in [5, 5.41) is 0. The monoisotopic (exact) mass is 269 g/mol. The molecule has 0 aliphatic carbocycles. The first-order valence-electron chi connectivity index (χ1n) is 5.87. The second-order valence-electron chi connectivity index (χ2n) is 4.60. The molecule has 0 saturated carbocycles. The zero-order valence-corrected chi connectivity index (χ0v) is 11.9. The number of anilines is 1. The molecule has 0 unspecified atom stereocenters. The number of rotatable bonds is 6. The molecule has 1 aromatic rings. The van der Waals surface area contributed by atoms with Crippen LogP contribution in [0.1, 0.15) is 12.0 Å². The molecular weight excluding hydrogens is 249 g/mol. The number of hydrogen-bond donors (Lipinski definition) is 1. The van der Waals surface area contributed by atoms with Crippen LogP contribution in [-0.2, 0) is 0 Å². The van der Waals surface area contributed by atoms with Crippen LogP contribution >= 0.6 is 12.2 Å². The van der Waals surface area contributed by atoms with Crippen LogP contribution in [0, 0.1) is 5.82 Å². The van der Waals surface area contributed by atoms with Crippen molar-refractivity contribution >= 4 is 22.9 Å². The lowest BCUT2D eigenvalue weighted by Crippen LogP contribution is -2.25. The maximum atomic E-state index is 13.2. The number of benzene rings is 1. The Hall–Kier alpha value is -1.20. The van der Waals surface area contributed by atoms with Crippen LogP contribution in [0.25, 0.3) is 0 Å². The highest BCUT2D eigenvalue weighted by Gasteiger charge is 2.10. The van der Waals surface area contributed by atoms with E-state index < -0.39 is 0 Å². The molecule has 0 bridgehead atoms. The first-order valence-corrected chi connectivity index (χ1v) is 6.28. The highest BCUT2D eigenvalue weighted by atomic mass is 32.1. The van der Waals surface area contributed by atoms with Gasteiger partial charge in [-0.2, -0.15) is 0 Å². The van der Waals surface area contributed by atoms with Gasteiger partial charge < -0.3 is 15.5 Å². The third-order valence-electron chi connectivity index (χ3n) is 2.73. The van der Waals surface area contributed by atoms with E-state index in [1.807, 2.05) is 21.1 Å². The van der Waals surface area contributed by atoms with E-state index in [2.05, 4.69) is 9.80 Å². The van der Waals surface area contributed by atoms with Crippen LogP contribution in [0.15, 0.2) is 18.2 Å². The van der Waals surface area contributed by atoms with Gasteiger partial charge in [-0.3, -0.25) is 0 Å². The van der Waals surface area contributed by atoms with Gasteiger partial charge >= 0.3 is 0 Å². The van der Waals surface area contributed by atoms with Gasteiger partial charge in [-0.05, 0) is 45.3 Å². The van der Waals surface area contributed by atoms with Gasteiger partial charge in [0.05, 0.1) is 0 Å². The molecule has 5 heteroatoms. The zero-order valence-electron chi connectivity index (χ0n) is 11.1. The Morgan fingerprint density at radius 2 is 1.94 bits per heavy atom. The molecule has 3 nitrogen and oxygen atoms in total. The van der Waals surface area contributed by atoms with Crippen LogP contribution < -0.4 is 10.6 Å². The summed E-state index contributed by atoms with van der Waals surface area (Å²) in [5.74, 6) is -0.316. The third-order valence-corrected chi connectivity index (χ3v) is 2.95. The molecule has 0 atom stereocenters. The summed E-state index contributed by atoms with van der Waals surface area (Å²) >= 11 is 4.96. The molecule has 0 heterocycles. The van der Waals surface area contributed by atoms with Gasteiger partial charge in [-0.1, -0.05) is 12.2 Å². The first-order chi connectivity index (χ1) is 8.41. The van der Waals surface area contributed by atoms with Gasteiger partial charge in [0.2, 0.25) is 0 Å². The van der Waals surface area contributed by atoms with Gasteiger partial charge in [0.15, 0.2) is 0 Å². The van der Waals surface area contributed by atoms with Gasteiger partial charge in [0, 0.05) is 24.8 Å². The normalized spacial score (nSPS) is 10.7. The average molecular weight is 269 g/mol. The van der Waals surface area contributed by atoms with E-state index in [1.165, 1.54) is 12.1 Å². The molecule has 100 valence electrons. The fraction of sp³-hybridized carbons (Fsp3) is 0.462. The summed E-state index contributed by atoms with van der Waals surface area (Å²) in [5.41, 5.74) is 7.10. The summed E-state index contributed by atoms with van der Waals surface area (Å²) < 4.78 is 13.2. The Morgan fingerprint density at radius 3 is 2.50 bits per heavy atom. The molecule has 0 aliphatic rings.